The summed E-state index contributed by atoms with van der Waals surface area (Å²) in [5.74, 6) is 0.193. The van der Waals surface area contributed by atoms with E-state index in [9.17, 15) is 8.78 Å². The second-order valence-corrected chi connectivity index (χ2v) is 3.18. The Hall–Kier alpha value is -1.13. The molecule has 0 bridgehead atoms. The Labute approximate surface area is 74.1 Å². The first-order valence-electron chi connectivity index (χ1n) is 4.19. The normalized spacial score (nSPS) is 16.6. The van der Waals surface area contributed by atoms with E-state index in [1.54, 1.807) is 0 Å². The summed E-state index contributed by atoms with van der Waals surface area (Å²) in [6.45, 7) is 1.49. The molecule has 1 aromatic heterocycles. The van der Waals surface area contributed by atoms with Crippen LogP contribution in [-0.4, -0.2) is 11.0 Å². The Kier molecular flexibility index (Phi) is 1.94. The van der Waals surface area contributed by atoms with Crippen molar-refractivity contribution in [1.29, 1.82) is 0 Å². The molecule has 1 aliphatic rings. The smallest absolute Gasteiger partial charge is 0.295 e. The molecule has 0 radical (unpaired) electrons. The van der Waals surface area contributed by atoms with E-state index in [0.29, 0.717) is 6.04 Å². The number of rotatable bonds is 3. The zero-order chi connectivity index (χ0) is 9.42. The van der Waals surface area contributed by atoms with Gasteiger partial charge in [-0.3, -0.25) is 0 Å². The molecule has 13 heavy (non-hydrogen) atoms. The lowest BCUT2D eigenvalue weighted by Gasteiger charge is -1.94. The van der Waals surface area contributed by atoms with Crippen LogP contribution in [0.2, 0.25) is 0 Å². The number of nitrogens with one attached hydrogen (secondary N) is 1. The SMILES string of the molecule is Cc1oc(NC2CC2)nc1C(F)F. The number of anilines is 1. The van der Waals surface area contributed by atoms with Crippen LogP contribution < -0.4 is 5.32 Å². The number of aromatic nitrogens is 1. The van der Waals surface area contributed by atoms with Gasteiger partial charge in [-0.15, -0.1) is 0 Å². The Morgan fingerprint density at radius 1 is 1.54 bits per heavy atom. The average molecular weight is 188 g/mol. The minimum absolute atomic E-state index is 0.193. The third kappa shape index (κ3) is 1.79. The summed E-state index contributed by atoms with van der Waals surface area (Å²) in [6, 6.07) is 0.582. The molecule has 0 unspecified atom stereocenters. The highest BCUT2D eigenvalue weighted by Gasteiger charge is 2.25. The maximum Gasteiger partial charge on any atom is 0.295 e. The predicted octanol–water partition coefficient (Wildman–Crippen LogP) is 2.49. The maximum absolute atomic E-state index is 12.2. The molecule has 1 saturated carbocycles. The standard InChI is InChI=1S/C8H10F2N2O/c1-4-6(7(9)10)12-8(13-4)11-5-2-3-5/h5,7H,2-3H2,1H3,(H,11,12). The monoisotopic (exact) mass is 188 g/mol. The summed E-state index contributed by atoms with van der Waals surface area (Å²) in [7, 11) is 0. The fourth-order valence-electron chi connectivity index (χ4n) is 1.07. The number of aryl methyl sites for hydroxylation is 1. The number of nitrogens with zero attached hydrogens (tertiary/aromatic N) is 1. The highest BCUT2D eigenvalue weighted by atomic mass is 19.3. The quantitative estimate of drug-likeness (QED) is 0.791. The van der Waals surface area contributed by atoms with Crippen molar-refractivity contribution in [2.45, 2.75) is 32.2 Å². The van der Waals surface area contributed by atoms with Gasteiger partial charge in [0, 0.05) is 6.04 Å². The van der Waals surface area contributed by atoms with E-state index >= 15 is 0 Å². The Morgan fingerprint density at radius 2 is 2.23 bits per heavy atom. The van der Waals surface area contributed by atoms with E-state index in [4.69, 9.17) is 4.42 Å². The van der Waals surface area contributed by atoms with Crippen molar-refractivity contribution in [2.24, 2.45) is 0 Å². The number of halogens is 2. The maximum atomic E-state index is 12.2. The van der Waals surface area contributed by atoms with Gasteiger partial charge in [0.25, 0.3) is 12.4 Å². The number of hydrogen-bond acceptors (Lipinski definition) is 3. The van der Waals surface area contributed by atoms with Crippen molar-refractivity contribution in [3.8, 4) is 0 Å². The molecule has 0 saturated heterocycles. The van der Waals surface area contributed by atoms with Crippen LogP contribution in [0.15, 0.2) is 4.42 Å². The zero-order valence-electron chi connectivity index (χ0n) is 7.18. The number of oxazole rings is 1. The van der Waals surface area contributed by atoms with Gasteiger partial charge < -0.3 is 9.73 Å². The summed E-state index contributed by atoms with van der Waals surface area (Å²) < 4.78 is 29.5. The molecule has 0 aliphatic heterocycles. The minimum Gasteiger partial charge on any atom is -0.429 e. The number of hydrogen-bond donors (Lipinski definition) is 1. The van der Waals surface area contributed by atoms with Crippen LogP contribution in [0.25, 0.3) is 0 Å². The van der Waals surface area contributed by atoms with E-state index in [1.807, 2.05) is 0 Å². The summed E-state index contributed by atoms with van der Waals surface area (Å²) in [4.78, 5) is 3.66. The van der Waals surface area contributed by atoms with Crippen LogP contribution in [-0.2, 0) is 0 Å². The molecule has 3 nitrogen and oxygen atoms in total. The van der Waals surface area contributed by atoms with Crippen molar-refractivity contribution < 1.29 is 13.2 Å². The summed E-state index contributed by atoms with van der Waals surface area (Å²) in [5.41, 5.74) is -0.261. The van der Waals surface area contributed by atoms with Gasteiger partial charge in [-0.1, -0.05) is 0 Å². The van der Waals surface area contributed by atoms with Gasteiger partial charge >= 0.3 is 0 Å². The van der Waals surface area contributed by atoms with Crippen LogP contribution in [0.5, 0.6) is 0 Å². The fraction of sp³-hybridized carbons (Fsp3) is 0.625. The Balaban J connectivity index is 2.13. The first-order valence-corrected chi connectivity index (χ1v) is 4.19. The minimum atomic E-state index is -2.56. The lowest BCUT2D eigenvalue weighted by Crippen LogP contribution is -2.00. The van der Waals surface area contributed by atoms with Gasteiger partial charge in [-0.2, -0.15) is 4.98 Å². The van der Waals surface area contributed by atoms with Crippen LogP contribution >= 0.6 is 0 Å². The molecule has 2 rings (SSSR count). The molecule has 0 amide bonds. The largest absolute Gasteiger partial charge is 0.429 e. The molecule has 5 heteroatoms. The van der Waals surface area contributed by atoms with Crippen molar-refractivity contribution in [1.82, 2.24) is 4.98 Å². The lowest BCUT2D eigenvalue weighted by atomic mass is 10.4. The van der Waals surface area contributed by atoms with E-state index in [1.165, 1.54) is 6.92 Å². The molecule has 0 aromatic carbocycles. The van der Waals surface area contributed by atoms with E-state index < -0.39 is 6.43 Å². The molecular formula is C8H10F2N2O. The van der Waals surface area contributed by atoms with E-state index in [2.05, 4.69) is 10.3 Å². The molecule has 1 heterocycles. The van der Waals surface area contributed by atoms with E-state index in [-0.39, 0.29) is 17.5 Å². The second kappa shape index (κ2) is 2.97. The van der Waals surface area contributed by atoms with Gasteiger partial charge in [0.2, 0.25) is 0 Å². The molecule has 0 atom stereocenters. The first kappa shape index (κ1) is 8.47. The third-order valence-electron chi connectivity index (χ3n) is 1.94. The van der Waals surface area contributed by atoms with Crippen molar-refractivity contribution >= 4 is 6.01 Å². The third-order valence-corrected chi connectivity index (χ3v) is 1.94. The van der Waals surface area contributed by atoms with Crippen LogP contribution in [0, 0.1) is 6.92 Å². The van der Waals surface area contributed by atoms with Gasteiger partial charge in [0.05, 0.1) is 0 Å². The van der Waals surface area contributed by atoms with Gasteiger partial charge in [0.1, 0.15) is 11.5 Å². The summed E-state index contributed by atoms with van der Waals surface area (Å²) in [6.07, 6.45) is -0.435. The van der Waals surface area contributed by atoms with Gasteiger partial charge in [-0.25, -0.2) is 8.78 Å². The van der Waals surface area contributed by atoms with Crippen LogP contribution in [0.3, 0.4) is 0 Å². The van der Waals surface area contributed by atoms with Gasteiger partial charge in [0.15, 0.2) is 0 Å². The molecule has 0 spiro atoms. The van der Waals surface area contributed by atoms with Crippen molar-refractivity contribution in [3.63, 3.8) is 0 Å². The van der Waals surface area contributed by atoms with Crippen molar-refractivity contribution in [3.05, 3.63) is 11.5 Å². The molecule has 1 N–H and O–H groups in total. The summed E-state index contributed by atoms with van der Waals surface area (Å²) in [5, 5.41) is 2.92. The Bertz CT molecular complexity index is 307. The zero-order valence-corrected chi connectivity index (χ0v) is 7.18. The Morgan fingerprint density at radius 3 is 2.69 bits per heavy atom. The first-order chi connectivity index (χ1) is 6.16. The topological polar surface area (TPSA) is 38.1 Å². The highest BCUT2D eigenvalue weighted by molar-refractivity contribution is 5.28. The fourth-order valence-corrected chi connectivity index (χ4v) is 1.07. The van der Waals surface area contributed by atoms with E-state index in [0.717, 1.165) is 12.8 Å². The molecule has 1 fully saturated rings. The summed E-state index contributed by atoms with van der Waals surface area (Å²) >= 11 is 0. The highest BCUT2D eigenvalue weighted by Crippen LogP contribution is 2.28. The molecule has 1 aromatic rings. The van der Waals surface area contributed by atoms with Crippen LogP contribution in [0.4, 0.5) is 14.8 Å². The lowest BCUT2D eigenvalue weighted by molar-refractivity contribution is 0.145. The van der Waals surface area contributed by atoms with Crippen molar-refractivity contribution in [2.75, 3.05) is 5.32 Å². The average Bonchev–Trinajstić information content (AvgIpc) is 2.75. The molecular weight excluding hydrogens is 178 g/mol. The molecule has 72 valence electrons. The second-order valence-electron chi connectivity index (χ2n) is 3.18. The van der Waals surface area contributed by atoms with Gasteiger partial charge in [-0.05, 0) is 19.8 Å². The molecule has 1 aliphatic carbocycles. The number of alkyl halides is 2. The van der Waals surface area contributed by atoms with Crippen LogP contribution in [0.1, 0.15) is 30.7 Å². The predicted molar refractivity (Wildman–Crippen MR) is 42.8 cm³/mol.